The molecule has 0 spiro atoms. The molecule has 0 atom stereocenters. The molecule has 0 aliphatic rings. The summed E-state index contributed by atoms with van der Waals surface area (Å²) in [6.45, 7) is 9.65. The van der Waals surface area contributed by atoms with Gasteiger partial charge in [0.2, 0.25) is 0 Å². The fourth-order valence-electron chi connectivity index (χ4n) is 3.73. The molecule has 2 aromatic heterocycles. The van der Waals surface area contributed by atoms with E-state index in [2.05, 4.69) is 33.9 Å². The minimum Gasteiger partial charge on any atom is -0.352 e. The van der Waals surface area contributed by atoms with Crippen molar-refractivity contribution < 1.29 is 9.18 Å². The molecule has 166 valence electrons. The minimum absolute atomic E-state index is 0.102. The Morgan fingerprint density at radius 3 is 2.55 bits per heavy atom. The van der Waals surface area contributed by atoms with Crippen LogP contribution in [-0.2, 0) is 13.0 Å². The monoisotopic (exact) mass is 443 g/mol. The Morgan fingerprint density at radius 2 is 1.90 bits per heavy atom. The van der Waals surface area contributed by atoms with Crippen LogP contribution in [0.5, 0.6) is 0 Å². The van der Waals surface area contributed by atoms with E-state index >= 15 is 0 Å². The first-order valence-electron chi connectivity index (χ1n) is 10.5. The van der Waals surface area contributed by atoms with Crippen molar-refractivity contribution >= 4 is 17.7 Å². The topological polar surface area (TPSA) is 64.7 Å². The highest BCUT2D eigenvalue weighted by Gasteiger charge is 2.17. The number of amides is 1. The number of hydrogen-bond acceptors (Lipinski definition) is 4. The van der Waals surface area contributed by atoms with Gasteiger partial charge < -0.3 is 14.5 Å². The fourth-order valence-corrected chi connectivity index (χ4v) is 4.25. The maximum absolute atomic E-state index is 13.3. The first-order valence-corrected chi connectivity index (χ1v) is 11.7. The van der Waals surface area contributed by atoms with Crippen molar-refractivity contribution in [3.63, 3.8) is 0 Å². The second-order valence-corrected chi connectivity index (χ2v) is 8.84. The molecule has 0 unspecified atom stereocenters. The number of carbonyl (C=O) groups is 1. The smallest absolute Gasteiger partial charge is 0.253 e. The molecular formula is C23H30FN5OS. The molecule has 0 radical (unpaired) electrons. The number of benzene rings is 1. The average molecular weight is 444 g/mol. The summed E-state index contributed by atoms with van der Waals surface area (Å²) in [5, 5.41) is 12.6. The number of rotatable bonds is 9. The molecule has 31 heavy (non-hydrogen) atoms. The Kier molecular flexibility index (Phi) is 7.54. The van der Waals surface area contributed by atoms with Crippen LogP contribution in [0.25, 0.3) is 5.69 Å². The van der Waals surface area contributed by atoms with Gasteiger partial charge in [-0.3, -0.25) is 4.79 Å². The van der Waals surface area contributed by atoms with Crippen LogP contribution < -0.4 is 5.32 Å². The molecule has 0 saturated carbocycles. The number of hydrogen-bond donors (Lipinski definition) is 1. The van der Waals surface area contributed by atoms with Gasteiger partial charge in [0.15, 0.2) is 5.16 Å². The van der Waals surface area contributed by atoms with Crippen LogP contribution in [0.15, 0.2) is 35.5 Å². The zero-order valence-electron chi connectivity index (χ0n) is 18.8. The van der Waals surface area contributed by atoms with Gasteiger partial charge in [-0.1, -0.05) is 25.6 Å². The maximum Gasteiger partial charge on any atom is 0.253 e. The Morgan fingerprint density at radius 1 is 1.19 bits per heavy atom. The number of halogens is 1. The van der Waals surface area contributed by atoms with Crippen LogP contribution in [0.1, 0.15) is 47.8 Å². The highest BCUT2D eigenvalue weighted by atomic mass is 32.2. The van der Waals surface area contributed by atoms with Crippen molar-refractivity contribution in [1.29, 1.82) is 0 Å². The van der Waals surface area contributed by atoms with E-state index < -0.39 is 0 Å². The van der Waals surface area contributed by atoms with Gasteiger partial charge in [0, 0.05) is 36.6 Å². The molecule has 3 aromatic rings. The SMILES string of the molecule is CSc1nnc(CCCNC(=O)c2cc(C)n(-c3ccc(F)cc3)c2C)n1CC(C)C. The molecular weight excluding hydrogens is 413 g/mol. The molecule has 6 nitrogen and oxygen atoms in total. The predicted molar refractivity (Wildman–Crippen MR) is 122 cm³/mol. The largest absolute Gasteiger partial charge is 0.352 e. The molecule has 3 rings (SSSR count). The van der Waals surface area contributed by atoms with Crippen molar-refractivity contribution in [2.24, 2.45) is 5.92 Å². The summed E-state index contributed by atoms with van der Waals surface area (Å²) in [6, 6.07) is 8.15. The van der Waals surface area contributed by atoms with E-state index in [9.17, 15) is 9.18 Å². The zero-order valence-corrected chi connectivity index (χ0v) is 19.6. The van der Waals surface area contributed by atoms with Crippen LogP contribution in [0.2, 0.25) is 0 Å². The van der Waals surface area contributed by atoms with Crippen LogP contribution in [0.4, 0.5) is 4.39 Å². The van der Waals surface area contributed by atoms with Crippen molar-refractivity contribution in [1.82, 2.24) is 24.6 Å². The summed E-state index contributed by atoms with van der Waals surface area (Å²) in [4.78, 5) is 12.8. The Balaban J connectivity index is 1.62. The van der Waals surface area contributed by atoms with Crippen molar-refractivity contribution in [3.8, 4) is 5.69 Å². The summed E-state index contributed by atoms with van der Waals surface area (Å²) < 4.78 is 17.4. The van der Waals surface area contributed by atoms with Crippen molar-refractivity contribution in [2.75, 3.05) is 12.8 Å². The van der Waals surface area contributed by atoms with Gasteiger partial charge in [-0.25, -0.2) is 4.39 Å². The van der Waals surface area contributed by atoms with Gasteiger partial charge in [-0.2, -0.15) is 0 Å². The van der Waals surface area contributed by atoms with Gasteiger partial charge in [0.25, 0.3) is 5.91 Å². The number of aromatic nitrogens is 4. The molecule has 2 heterocycles. The Bertz CT molecular complexity index is 1040. The van der Waals surface area contributed by atoms with Gasteiger partial charge >= 0.3 is 0 Å². The Labute approximate surface area is 187 Å². The molecule has 1 aromatic carbocycles. The second kappa shape index (κ2) is 10.1. The third-order valence-corrected chi connectivity index (χ3v) is 5.81. The Hall–Kier alpha value is -2.61. The number of carbonyl (C=O) groups excluding carboxylic acids is 1. The molecule has 0 aliphatic heterocycles. The van der Waals surface area contributed by atoms with E-state index in [-0.39, 0.29) is 11.7 Å². The first-order chi connectivity index (χ1) is 14.8. The minimum atomic E-state index is -0.280. The summed E-state index contributed by atoms with van der Waals surface area (Å²) in [5.74, 6) is 1.09. The number of nitrogens with one attached hydrogen (secondary N) is 1. The summed E-state index contributed by atoms with van der Waals surface area (Å²) >= 11 is 1.60. The van der Waals surface area contributed by atoms with E-state index in [1.165, 1.54) is 12.1 Å². The highest BCUT2D eigenvalue weighted by Crippen LogP contribution is 2.21. The lowest BCUT2D eigenvalue weighted by atomic mass is 10.2. The van der Waals surface area contributed by atoms with E-state index in [4.69, 9.17) is 0 Å². The molecule has 0 fully saturated rings. The average Bonchev–Trinajstić information content (AvgIpc) is 3.25. The summed E-state index contributed by atoms with van der Waals surface area (Å²) in [6.07, 6.45) is 3.55. The highest BCUT2D eigenvalue weighted by molar-refractivity contribution is 7.98. The van der Waals surface area contributed by atoms with Crippen molar-refractivity contribution in [3.05, 3.63) is 58.9 Å². The van der Waals surface area contributed by atoms with Gasteiger partial charge in [-0.05, 0) is 62.8 Å². The first kappa shape index (κ1) is 23.1. The van der Waals surface area contributed by atoms with E-state index in [0.29, 0.717) is 18.0 Å². The van der Waals surface area contributed by atoms with Gasteiger partial charge in [0.1, 0.15) is 11.6 Å². The van der Waals surface area contributed by atoms with Crippen LogP contribution >= 0.6 is 11.8 Å². The fraction of sp³-hybridized carbons (Fsp3) is 0.435. The third kappa shape index (κ3) is 5.36. The molecule has 1 N–H and O–H groups in total. The van der Waals surface area contributed by atoms with E-state index in [1.54, 1.807) is 23.9 Å². The zero-order chi connectivity index (χ0) is 22.5. The summed E-state index contributed by atoms with van der Waals surface area (Å²) in [7, 11) is 0. The predicted octanol–water partition coefficient (Wildman–Crippen LogP) is 4.57. The molecule has 0 saturated heterocycles. The lowest BCUT2D eigenvalue weighted by Gasteiger charge is -2.12. The van der Waals surface area contributed by atoms with E-state index in [1.807, 2.05) is 30.7 Å². The van der Waals surface area contributed by atoms with Crippen molar-refractivity contribution in [2.45, 2.75) is 52.2 Å². The lowest BCUT2D eigenvalue weighted by molar-refractivity contribution is 0.0952. The molecule has 8 heteroatoms. The molecule has 0 aliphatic carbocycles. The van der Waals surface area contributed by atoms with Crippen LogP contribution in [0.3, 0.4) is 0 Å². The lowest BCUT2D eigenvalue weighted by Crippen LogP contribution is -2.25. The van der Waals surface area contributed by atoms with Gasteiger partial charge in [-0.15, -0.1) is 10.2 Å². The maximum atomic E-state index is 13.3. The third-order valence-electron chi connectivity index (χ3n) is 5.15. The quantitative estimate of drug-likeness (QED) is 0.389. The molecule has 0 bridgehead atoms. The van der Waals surface area contributed by atoms with Gasteiger partial charge in [0.05, 0.1) is 5.56 Å². The summed E-state index contributed by atoms with van der Waals surface area (Å²) in [5.41, 5.74) is 3.24. The standard InChI is InChI=1S/C23H30FN5OS/c1-15(2)14-28-21(26-27-23(28)31-5)7-6-12-25-22(30)20-13-16(3)29(17(20)4)19-10-8-18(24)9-11-19/h8-11,13,15H,6-7,12,14H2,1-5H3,(H,25,30). The number of thioether (sulfide) groups is 1. The second-order valence-electron chi connectivity index (χ2n) is 8.06. The van der Waals surface area contributed by atoms with Crippen LogP contribution in [0, 0.1) is 25.6 Å². The molecule has 1 amide bonds. The number of nitrogens with zero attached hydrogens (tertiary/aromatic N) is 4. The van der Waals surface area contributed by atoms with E-state index in [0.717, 1.165) is 47.4 Å². The van der Waals surface area contributed by atoms with Crippen LogP contribution in [-0.4, -0.2) is 38.0 Å². The normalized spacial score (nSPS) is 11.3. The number of aryl methyl sites for hydroxylation is 2.